The molecule has 0 aromatic heterocycles. The summed E-state index contributed by atoms with van der Waals surface area (Å²) in [5.41, 5.74) is 9.82. The molecule has 168 valence electrons. The second kappa shape index (κ2) is 10.1. The van der Waals surface area contributed by atoms with Gasteiger partial charge in [0, 0.05) is 30.8 Å². The number of amides is 2. The van der Waals surface area contributed by atoms with E-state index in [1.807, 2.05) is 73.8 Å². The Hall–Kier alpha value is -3.90. The molecule has 1 aliphatic heterocycles. The normalized spacial score (nSPS) is 18.3. The maximum absolute atomic E-state index is 13.0. The Balaban J connectivity index is 1.41. The highest BCUT2D eigenvalue weighted by Crippen LogP contribution is 2.33. The number of nitrogens with zero attached hydrogens (tertiary/aromatic N) is 1. The van der Waals surface area contributed by atoms with E-state index in [0.717, 1.165) is 23.4 Å². The van der Waals surface area contributed by atoms with Crippen LogP contribution in [0.25, 0.3) is 6.08 Å². The maximum atomic E-state index is 13.0. The third-order valence-corrected chi connectivity index (χ3v) is 5.89. The number of nitrogens with one attached hydrogen (secondary N) is 2. The van der Waals surface area contributed by atoms with E-state index in [1.165, 1.54) is 6.08 Å². The number of hydrogen-bond donors (Lipinski definition) is 3. The highest BCUT2D eigenvalue weighted by molar-refractivity contribution is 6.03. The van der Waals surface area contributed by atoms with Crippen molar-refractivity contribution < 1.29 is 9.59 Å². The van der Waals surface area contributed by atoms with Gasteiger partial charge in [-0.3, -0.25) is 9.59 Å². The fourth-order valence-corrected chi connectivity index (χ4v) is 4.17. The van der Waals surface area contributed by atoms with Crippen LogP contribution in [0.1, 0.15) is 17.0 Å². The summed E-state index contributed by atoms with van der Waals surface area (Å²) in [7, 11) is 2.04. The van der Waals surface area contributed by atoms with E-state index in [2.05, 4.69) is 15.5 Å². The van der Waals surface area contributed by atoms with E-state index < -0.39 is 0 Å². The second-order valence-electron chi connectivity index (χ2n) is 8.37. The van der Waals surface area contributed by atoms with Gasteiger partial charge < -0.3 is 21.3 Å². The molecule has 6 heteroatoms. The van der Waals surface area contributed by atoms with Gasteiger partial charge >= 0.3 is 0 Å². The van der Waals surface area contributed by atoms with Crippen molar-refractivity contribution in [2.24, 2.45) is 5.92 Å². The summed E-state index contributed by atoms with van der Waals surface area (Å²) in [4.78, 5) is 27.4. The molecule has 0 aliphatic carbocycles. The zero-order valence-electron chi connectivity index (χ0n) is 18.6. The van der Waals surface area contributed by atoms with Gasteiger partial charge in [0.15, 0.2) is 0 Å². The average Bonchev–Trinajstić information content (AvgIpc) is 3.22. The zero-order valence-corrected chi connectivity index (χ0v) is 18.6. The molecule has 0 bridgehead atoms. The predicted molar refractivity (Wildman–Crippen MR) is 134 cm³/mol. The van der Waals surface area contributed by atoms with Gasteiger partial charge in [-0.05, 0) is 48.5 Å². The number of carbonyl (C=O) groups excluding carboxylic acids is 2. The van der Waals surface area contributed by atoms with Crippen LogP contribution in [0, 0.1) is 5.92 Å². The molecule has 33 heavy (non-hydrogen) atoms. The Kier molecular flexibility index (Phi) is 6.86. The molecule has 6 nitrogen and oxygen atoms in total. The van der Waals surface area contributed by atoms with Crippen LogP contribution in [0.5, 0.6) is 0 Å². The van der Waals surface area contributed by atoms with Crippen LogP contribution in [-0.2, 0) is 9.59 Å². The SMILES string of the molecule is CN1C[C@H](C(=O)Nc2ccccc2)[C@@H](c2ccc(/C=C/C(=O)Nc3ccccc3N)cc2)C1. The Morgan fingerprint density at radius 2 is 1.61 bits per heavy atom. The van der Waals surface area contributed by atoms with Crippen molar-refractivity contribution in [1.29, 1.82) is 0 Å². The van der Waals surface area contributed by atoms with Crippen LogP contribution in [0.15, 0.2) is 84.9 Å². The summed E-state index contributed by atoms with van der Waals surface area (Å²) >= 11 is 0. The highest BCUT2D eigenvalue weighted by atomic mass is 16.2. The number of hydrogen-bond acceptors (Lipinski definition) is 4. The zero-order chi connectivity index (χ0) is 23.2. The minimum absolute atomic E-state index is 0.0383. The van der Waals surface area contributed by atoms with Gasteiger partial charge in [-0.2, -0.15) is 0 Å². The molecule has 2 atom stereocenters. The number of para-hydroxylation sites is 3. The smallest absolute Gasteiger partial charge is 0.248 e. The number of anilines is 3. The number of likely N-dealkylation sites (N-methyl/N-ethyl adjacent to an activating group) is 1. The summed E-state index contributed by atoms with van der Waals surface area (Å²) in [6.45, 7) is 1.54. The lowest BCUT2D eigenvalue weighted by Crippen LogP contribution is -2.28. The number of rotatable bonds is 6. The fraction of sp³-hybridized carbons (Fsp3) is 0.185. The lowest BCUT2D eigenvalue weighted by Gasteiger charge is -2.19. The topological polar surface area (TPSA) is 87.5 Å². The van der Waals surface area contributed by atoms with E-state index in [9.17, 15) is 9.59 Å². The molecule has 4 N–H and O–H groups in total. The first-order valence-electron chi connectivity index (χ1n) is 11.0. The van der Waals surface area contributed by atoms with E-state index in [4.69, 9.17) is 5.73 Å². The van der Waals surface area contributed by atoms with Crippen molar-refractivity contribution in [2.75, 3.05) is 36.5 Å². The lowest BCUT2D eigenvalue weighted by molar-refractivity contribution is -0.119. The number of likely N-dealkylation sites (tertiary alicyclic amines) is 1. The summed E-state index contributed by atoms with van der Waals surface area (Å²) < 4.78 is 0. The molecule has 0 saturated carbocycles. The number of nitrogens with two attached hydrogens (primary N) is 1. The van der Waals surface area contributed by atoms with Crippen LogP contribution in [0.2, 0.25) is 0 Å². The Morgan fingerprint density at radius 3 is 2.33 bits per heavy atom. The fourth-order valence-electron chi connectivity index (χ4n) is 4.17. The second-order valence-corrected chi connectivity index (χ2v) is 8.37. The van der Waals surface area contributed by atoms with Crippen molar-refractivity contribution in [1.82, 2.24) is 4.90 Å². The first-order chi connectivity index (χ1) is 16.0. The number of benzene rings is 3. The quantitative estimate of drug-likeness (QED) is 0.396. The molecule has 4 rings (SSSR count). The summed E-state index contributed by atoms with van der Waals surface area (Å²) in [5.74, 6) is -0.219. The van der Waals surface area contributed by atoms with Gasteiger partial charge in [0.25, 0.3) is 0 Å². The van der Waals surface area contributed by atoms with Crippen molar-refractivity contribution in [3.8, 4) is 0 Å². The molecule has 2 amide bonds. The predicted octanol–water partition coefficient (Wildman–Crippen LogP) is 4.20. The van der Waals surface area contributed by atoms with Gasteiger partial charge in [0.1, 0.15) is 0 Å². The van der Waals surface area contributed by atoms with Crippen molar-refractivity contribution >= 4 is 35.0 Å². The molecule has 3 aromatic carbocycles. The summed E-state index contributed by atoms with van der Waals surface area (Å²) in [6.07, 6.45) is 3.25. The molecule has 0 spiro atoms. The van der Waals surface area contributed by atoms with Crippen LogP contribution < -0.4 is 16.4 Å². The van der Waals surface area contributed by atoms with Gasteiger partial charge in [-0.15, -0.1) is 0 Å². The van der Waals surface area contributed by atoms with Crippen molar-refractivity contribution in [3.05, 3.63) is 96.1 Å². The number of carbonyl (C=O) groups is 2. The third-order valence-electron chi connectivity index (χ3n) is 5.89. The molecule has 1 saturated heterocycles. The van der Waals surface area contributed by atoms with Crippen molar-refractivity contribution in [2.45, 2.75) is 5.92 Å². The third kappa shape index (κ3) is 5.67. The van der Waals surface area contributed by atoms with Crippen LogP contribution in [0.3, 0.4) is 0 Å². The van der Waals surface area contributed by atoms with Gasteiger partial charge in [0.2, 0.25) is 11.8 Å². The van der Waals surface area contributed by atoms with Crippen LogP contribution in [0.4, 0.5) is 17.1 Å². The molecule has 1 aliphatic rings. The standard InChI is InChI=1S/C27H28N4O2/c1-31-17-22(23(18-31)27(33)29-21-7-3-2-4-8-21)20-14-11-19(12-15-20)13-16-26(32)30-25-10-6-5-9-24(25)28/h2-16,22-23H,17-18,28H2,1H3,(H,29,33)(H,30,32)/b16-13+/t22-,23+/m1/s1. The van der Waals surface area contributed by atoms with E-state index in [0.29, 0.717) is 17.9 Å². The minimum atomic E-state index is -0.243. The largest absolute Gasteiger partial charge is 0.397 e. The molecule has 1 fully saturated rings. The van der Waals surface area contributed by atoms with Gasteiger partial charge in [-0.1, -0.05) is 54.6 Å². The highest BCUT2D eigenvalue weighted by Gasteiger charge is 2.36. The maximum Gasteiger partial charge on any atom is 0.248 e. The number of nitrogen functional groups attached to an aromatic ring is 1. The van der Waals surface area contributed by atoms with Gasteiger partial charge in [-0.25, -0.2) is 0 Å². The Labute approximate surface area is 194 Å². The molecular weight excluding hydrogens is 412 g/mol. The summed E-state index contributed by atoms with van der Waals surface area (Å²) in [5, 5.41) is 5.82. The molecule has 3 aromatic rings. The van der Waals surface area contributed by atoms with Gasteiger partial charge in [0.05, 0.1) is 17.3 Å². The lowest BCUT2D eigenvalue weighted by atomic mass is 9.88. The van der Waals surface area contributed by atoms with E-state index >= 15 is 0 Å². The van der Waals surface area contributed by atoms with E-state index in [1.54, 1.807) is 18.2 Å². The molecule has 0 unspecified atom stereocenters. The van der Waals surface area contributed by atoms with Crippen LogP contribution in [-0.4, -0.2) is 36.9 Å². The summed E-state index contributed by atoms with van der Waals surface area (Å²) in [6, 6.07) is 24.7. The average molecular weight is 441 g/mol. The monoisotopic (exact) mass is 440 g/mol. The first-order valence-corrected chi connectivity index (χ1v) is 11.0. The minimum Gasteiger partial charge on any atom is -0.397 e. The van der Waals surface area contributed by atoms with E-state index in [-0.39, 0.29) is 23.7 Å². The first kappa shape index (κ1) is 22.3. The molecule has 1 heterocycles. The Morgan fingerprint density at radius 1 is 0.909 bits per heavy atom. The van der Waals surface area contributed by atoms with Crippen molar-refractivity contribution in [3.63, 3.8) is 0 Å². The Bertz CT molecular complexity index is 1140. The van der Waals surface area contributed by atoms with Crippen LogP contribution >= 0.6 is 0 Å². The molecular formula is C27H28N4O2. The molecule has 0 radical (unpaired) electrons.